The maximum atomic E-state index is 12.6. The number of aryl methyl sites for hydroxylation is 1. The van der Waals surface area contributed by atoms with Crippen LogP contribution in [0.3, 0.4) is 0 Å². The lowest BCUT2D eigenvalue weighted by molar-refractivity contribution is -0.0565. The number of benzene rings is 2. The van der Waals surface area contributed by atoms with Crippen LogP contribution in [0.25, 0.3) is 0 Å². The van der Waals surface area contributed by atoms with Crippen LogP contribution in [0.1, 0.15) is 81.9 Å². The van der Waals surface area contributed by atoms with E-state index in [9.17, 15) is 9.90 Å². The number of likely N-dealkylation sites (N-methyl/N-ethyl adjacent to an activating group) is 1. The first kappa shape index (κ1) is 26.2. The van der Waals surface area contributed by atoms with Gasteiger partial charge < -0.3 is 15.2 Å². The van der Waals surface area contributed by atoms with Gasteiger partial charge in [-0.05, 0) is 106 Å². The van der Waals surface area contributed by atoms with Crippen LogP contribution in [-0.4, -0.2) is 47.4 Å². The minimum absolute atomic E-state index is 0.0157. The molecule has 4 atom stereocenters. The SMILES string of the molecule is CCC[C@@]1(O)CC[C@@]2(Cc3ccccc3)c3ccc(OC(=O)NC[C@H]4CCCN4CC)cc3CC[C@@H]2C1. The largest absolute Gasteiger partial charge is 0.412 e. The molecule has 2 fully saturated rings. The summed E-state index contributed by atoms with van der Waals surface area (Å²) < 4.78 is 5.75. The molecule has 0 bridgehead atoms. The predicted molar refractivity (Wildman–Crippen MR) is 148 cm³/mol. The summed E-state index contributed by atoms with van der Waals surface area (Å²) >= 11 is 0. The molecule has 1 heterocycles. The lowest BCUT2D eigenvalue weighted by atomic mass is 9.52. The third-order valence-corrected chi connectivity index (χ3v) is 9.50. The van der Waals surface area contributed by atoms with Crippen LogP contribution in [0.2, 0.25) is 0 Å². The van der Waals surface area contributed by atoms with Crippen LogP contribution in [0, 0.1) is 5.92 Å². The average molecular weight is 505 g/mol. The molecule has 2 N–H and O–H groups in total. The fourth-order valence-corrected chi connectivity index (χ4v) is 7.67. The number of rotatable bonds is 8. The van der Waals surface area contributed by atoms with Crippen molar-refractivity contribution >= 4 is 6.09 Å². The van der Waals surface area contributed by atoms with Crippen LogP contribution in [-0.2, 0) is 18.3 Å². The van der Waals surface area contributed by atoms with E-state index in [4.69, 9.17) is 4.74 Å². The first-order valence-corrected chi connectivity index (χ1v) is 14.5. The summed E-state index contributed by atoms with van der Waals surface area (Å²) in [6.07, 6.45) is 9.60. The average Bonchev–Trinajstić information content (AvgIpc) is 3.36. The van der Waals surface area contributed by atoms with E-state index in [0.717, 1.165) is 70.9 Å². The Bertz CT molecular complexity index is 1070. The molecule has 1 aliphatic heterocycles. The molecule has 1 amide bonds. The second kappa shape index (κ2) is 11.2. The lowest BCUT2D eigenvalue weighted by Gasteiger charge is -2.53. The Morgan fingerprint density at radius 2 is 1.97 bits per heavy atom. The maximum Gasteiger partial charge on any atom is 0.412 e. The van der Waals surface area contributed by atoms with Crippen molar-refractivity contribution in [2.75, 3.05) is 19.6 Å². The highest BCUT2D eigenvalue weighted by atomic mass is 16.6. The van der Waals surface area contributed by atoms with Crippen molar-refractivity contribution in [3.8, 4) is 5.75 Å². The second-order valence-electron chi connectivity index (χ2n) is 11.7. The smallest absolute Gasteiger partial charge is 0.410 e. The van der Waals surface area contributed by atoms with Gasteiger partial charge in [-0.1, -0.05) is 56.7 Å². The Kier molecular flexibility index (Phi) is 7.92. The van der Waals surface area contributed by atoms with Gasteiger partial charge in [-0.15, -0.1) is 0 Å². The molecule has 37 heavy (non-hydrogen) atoms. The van der Waals surface area contributed by atoms with E-state index in [-0.39, 0.29) is 11.5 Å². The topological polar surface area (TPSA) is 61.8 Å². The molecule has 0 unspecified atom stereocenters. The Balaban J connectivity index is 1.34. The zero-order valence-corrected chi connectivity index (χ0v) is 22.7. The number of amides is 1. The standard InChI is InChI=1S/C32H44N2O3/c1-3-16-31(36)17-18-32(21-24-9-6-5-7-10-24)26(22-31)13-12-25-20-28(14-15-29(25)32)37-30(35)33-23-27-11-8-19-34(27)4-2/h5-7,9-10,14-15,20,26-27,36H,3-4,8,11-13,16-19,21-23H2,1-2H3,(H,33,35)/t26-,27-,31-,32+/m1/s1. The van der Waals surface area contributed by atoms with Crippen LogP contribution in [0.15, 0.2) is 48.5 Å². The number of ether oxygens (including phenoxy) is 1. The summed E-state index contributed by atoms with van der Waals surface area (Å²) in [5.41, 5.74) is 3.52. The highest BCUT2D eigenvalue weighted by Crippen LogP contribution is 2.55. The van der Waals surface area contributed by atoms with E-state index in [1.807, 2.05) is 6.07 Å². The van der Waals surface area contributed by atoms with Gasteiger partial charge in [-0.3, -0.25) is 4.90 Å². The van der Waals surface area contributed by atoms with Crippen molar-refractivity contribution in [3.63, 3.8) is 0 Å². The fourth-order valence-electron chi connectivity index (χ4n) is 7.67. The van der Waals surface area contributed by atoms with E-state index in [2.05, 4.69) is 66.5 Å². The minimum atomic E-state index is -0.537. The van der Waals surface area contributed by atoms with Crippen molar-refractivity contribution in [1.82, 2.24) is 10.2 Å². The van der Waals surface area contributed by atoms with Crippen LogP contribution < -0.4 is 10.1 Å². The number of nitrogens with zero attached hydrogens (tertiary/aromatic N) is 1. The highest BCUT2D eigenvalue weighted by Gasteiger charge is 2.51. The molecule has 0 aromatic heterocycles. The molecule has 200 valence electrons. The number of aliphatic hydroxyl groups is 1. The Morgan fingerprint density at radius 1 is 1.14 bits per heavy atom. The third-order valence-electron chi connectivity index (χ3n) is 9.50. The number of hydrogen-bond donors (Lipinski definition) is 2. The first-order valence-electron chi connectivity index (χ1n) is 14.5. The van der Waals surface area contributed by atoms with Crippen molar-refractivity contribution in [2.24, 2.45) is 5.92 Å². The van der Waals surface area contributed by atoms with Crippen molar-refractivity contribution in [2.45, 2.75) is 95.1 Å². The summed E-state index contributed by atoms with van der Waals surface area (Å²) in [6, 6.07) is 17.5. The third kappa shape index (κ3) is 5.58. The Hall–Kier alpha value is -2.37. The van der Waals surface area contributed by atoms with Crippen molar-refractivity contribution < 1.29 is 14.6 Å². The molecule has 0 radical (unpaired) electrons. The van der Waals surface area contributed by atoms with Gasteiger partial charge in [-0.25, -0.2) is 4.79 Å². The normalized spacial score (nSPS) is 29.4. The van der Waals surface area contributed by atoms with Gasteiger partial charge in [0, 0.05) is 18.0 Å². The maximum absolute atomic E-state index is 12.6. The van der Waals surface area contributed by atoms with Crippen molar-refractivity contribution in [3.05, 3.63) is 65.2 Å². The summed E-state index contributed by atoms with van der Waals surface area (Å²) in [4.78, 5) is 15.0. The van der Waals surface area contributed by atoms with E-state index >= 15 is 0 Å². The molecular weight excluding hydrogens is 460 g/mol. The summed E-state index contributed by atoms with van der Waals surface area (Å²) in [5.74, 6) is 1.08. The fraction of sp³-hybridized carbons (Fsp3) is 0.594. The second-order valence-corrected chi connectivity index (χ2v) is 11.7. The monoisotopic (exact) mass is 504 g/mol. The number of fused-ring (bicyclic) bond motifs is 3. The van der Waals surface area contributed by atoms with Gasteiger partial charge in [0.15, 0.2) is 0 Å². The summed E-state index contributed by atoms with van der Waals surface area (Å²) in [5, 5.41) is 14.4. The number of carbonyl (C=O) groups excluding carboxylic acids is 1. The highest BCUT2D eigenvalue weighted by molar-refractivity contribution is 5.70. The van der Waals surface area contributed by atoms with Crippen LogP contribution in [0.5, 0.6) is 5.75 Å². The van der Waals surface area contributed by atoms with Gasteiger partial charge in [-0.2, -0.15) is 0 Å². The van der Waals surface area contributed by atoms with Crippen LogP contribution in [0.4, 0.5) is 4.79 Å². The molecule has 5 rings (SSSR count). The summed E-state index contributed by atoms with van der Waals surface area (Å²) in [7, 11) is 0. The molecule has 5 heteroatoms. The van der Waals surface area contributed by atoms with E-state index < -0.39 is 5.60 Å². The van der Waals surface area contributed by atoms with E-state index in [0.29, 0.717) is 24.3 Å². The van der Waals surface area contributed by atoms with Gasteiger partial charge in [0.25, 0.3) is 0 Å². The molecule has 2 aliphatic carbocycles. The molecule has 3 aliphatic rings. The molecule has 1 saturated heterocycles. The number of carbonyl (C=O) groups is 1. The molecular formula is C32H44N2O3. The zero-order valence-electron chi connectivity index (χ0n) is 22.7. The van der Waals surface area contributed by atoms with Gasteiger partial charge in [0.05, 0.1) is 5.60 Å². The zero-order chi connectivity index (χ0) is 25.9. The Labute approximate surface area is 222 Å². The van der Waals surface area contributed by atoms with Gasteiger partial charge >= 0.3 is 6.09 Å². The molecule has 1 saturated carbocycles. The minimum Gasteiger partial charge on any atom is -0.410 e. The predicted octanol–water partition coefficient (Wildman–Crippen LogP) is 6.02. The lowest BCUT2D eigenvalue weighted by Crippen LogP contribution is -2.51. The number of hydrogen-bond acceptors (Lipinski definition) is 4. The quantitative estimate of drug-likeness (QED) is 0.462. The van der Waals surface area contributed by atoms with Crippen LogP contribution >= 0.6 is 0 Å². The van der Waals surface area contributed by atoms with Crippen molar-refractivity contribution in [1.29, 1.82) is 0 Å². The first-order chi connectivity index (χ1) is 17.9. The van der Waals surface area contributed by atoms with E-state index in [1.165, 1.54) is 23.1 Å². The Morgan fingerprint density at radius 3 is 2.76 bits per heavy atom. The van der Waals surface area contributed by atoms with Gasteiger partial charge in [0.1, 0.15) is 5.75 Å². The number of nitrogens with one attached hydrogen (secondary N) is 1. The molecule has 2 aromatic rings. The molecule has 0 spiro atoms. The molecule has 5 nitrogen and oxygen atoms in total. The molecule has 2 aromatic carbocycles. The summed E-state index contributed by atoms with van der Waals surface area (Å²) in [6.45, 7) is 7.12. The van der Waals surface area contributed by atoms with E-state index in [1.54, 1.807) is 0 Å². The van der Waals surface area contributed by atoms with Gasteiger partial charge in [0.2, 0.25) is 0 Å². The number of likely N-dealkylation sites (tertiary alicyclic amines) is 1.